The van der Waals surface area contributed by atoms with Crippen LogP contribution in [0.5, 0.6) is 0 Å². The molecule has 2 heterocycles. The second kappa shape index (κ2) is 9.00. The van der Waals surface area contributed by atoms with Gasteiger partial charge in [0.05, 0.1) is 0 Å². The van der Waals surface area contributed by atoms with Gasteiger partial charge in [-0.3, -0.25) is 10.1 Å². The zero-order valence-corrected chi connectivity index (χ0v) is 13.7. The van der Waals surface area contributed by atoms with E-state index in [0.717, 1.165) is 51.0 Å². The van der Waals surface area contributed by atoms with Crippen LogP contribution < -0.4 is 10.6 Å². The number of amides is 1. The van der Waals surface area contributed by atoms with Crippen molar-refractivity contribution in [3.63, 3.8) is 0 Å². The molecule has 1 saturated heterocycles. The fourth-order valence-corrected chi connectivity index (χ4v) is 2.49. The third kappa shape index (κ3) is 5.28. The van der Waals surface area contributed by atoms with E-state index in [0.29, 0.717) is 18.3 Å². The Hall–Kier alpha value is -1.14. The van der Waals surface area contributed by atoms with Crippen molar-refractivity contribution in [2.75, 3.05) is 18.4 Å². The van der Waals surface area contributed by atoms with Crippen molar-refractivity contribution in [2.24, 2.45) is 7.05 Å². The number of piperidine rings is 1. The van der Waals surface area contributed by atoms with Gasteiger partial charge in [-0.15, -0.1) is 12.4 Å². The second-order valence-electron chi connectivity index (χ2n) is 5.45. The van der Waals surface area contributed by atoms with E-state index in [4.69, 9.17) is 0 Å². The maximum Gasteiger partial charge on any atom is 0.227 e. The van der Waals surface area contributed by atoms with Gasteiger partial charge in [-0.05, 0) is 32.4 Å². The lowest BCUT2D eigenvalue weighted by molar-refractivity contribution is -0.116. The predicted molar refractivity (Wildman–Crippen MR) is 85.9 cm³/mol. The summed E-state index contributed by atoms with van der Waals surface area (Å²) in [7, 11) is 1.83. The monoisotopic (exact) mass is 315 g/mol. The van der Waals surface area contributed by atoms with E-state index < -0.39 is 0 Å². The highest BCUT2D eigenvalue weighted by Gasteiger charge is 2.21. The summed E-state index contributed by atoms with van der Waals surface area (Å²) in [6.45, 7) is 4.16. The fourth-order valence-electron chi connectivity index (χ4n) is 2.49. The molecule has 21 heavy (non-hydrogen) atoms. The summed E-state index contributed by atoms with van der Waals surface area (Å²) in [5.41, 5.74) is 0. The first-order valence-electron chi connectivity index (χ1n) is 7.62. The van der Waals surface area contributed by atoms with Crippen molar-refractivity contribution in [3.05, 3.63) is 5.82 Å². The maximum absolute atomic E-state index is 11.8. The van der Waals surface area contributed by atoms with Crippen LogP contribution in [0.3, 0.4) is 0 Å². The summed E-state index contributed by atoms with van der Waals surface area (Å²) in [5, 5.41) is 10.6. The van der Waals surface area contributed by atoms with Crippen molar-refractivity contribution >= 4 is 24.3 Å². The minimum Gasteiger partial charge on any atom is -0.317 e. The standard InChI is InChI=1S/C14H25N5O.ClH/c1-3-4-5-6-12(20)16-14-17-13(18-19(14)2)11-7-9-15-10-8-11;/h11,15H,3-10H2,1-2H3,(H,16,17,18,20);1H. The fraction of sp³-hybridized carbons (Fsp3) is 0.786. The van der Waals surface area contributed by atoms with E-state index in [1.54, 1.807) is 4.68 Å². The van der Waals surface area contributed by atoms with Crippen LogP contribution in [0.25, 0.3) is 0 Å². The minimum atomic E-state index is 0. The highest BCUT2D eigenvalue weighted by atomic mass is 35.5. The number of rotatable bonds is 6. The van der Waals surface area contributed by atoms with E-state index in [2.05, 4.69) is 27.6 Å². The Labute approximate surface area is 132 Å². The Kier molecular flexibility index (Phi) is 7.67. The molecule has 0 spiro atoms. The topological polar surface area (TPSA) is 71.8 Å². The summed E-state index contributed by atoms with van der Waals surface area (Å²) in [5.74, 6) is 1.87. The van der Waals surface area contributed by atoms with Gasteiger partial charge in [0.2, 0.25) is 11.9 Å². The van der Waals surface area contributed by atoms with Crippen LogP contribution in [-0.4, -0.2) is 33.8 Å². The molecule has 1 amide bonds. The Balaban J connectivity index is 0.00000220. The second-order valence-corrected chi connectivity index (χ2v) is 5.45. The minimum absolute atomic E-state index is 0. The quantitative estimate of drug-likeness (QED) is 0.790. The van der Waals surface area contributed by atoms with Crippen molar-refractivity contribution in [1.29, 1.82) is 0 Å². The number of hydrogen-bond donors (Lipinski definition) is 2. The summed E-state index contributed by atoms with van der Waals surface area (Å²) in [4.78, 5) is 16.3. The van der Waals surface area contributed by atoms with Gasteiger partial charge in [-0.25, -0.2) is 4.68 Å². The van der Waals surface area contributed by atoms with Crippen LogP contribution in [-0.2, 0) is 11.8 Å². The van der Waals surface area contributed by atoms with E-state index >= 15 is 0 Å². The van der Waals surface area contributed by atoms with Crippen LogP contribution in [0.15, 0.2) is 0 Å². The lowest BCUT2D eigenvalue weighted by Crippen LogP contribution is -2.27. The maximum atomic E-state index is 11.8. The average molecular weight is 316 g/mol. The normalized spacial score (nSPS) is 15.5. The number of nitrogens with zero attached hydrogens (tertiary/aromatic N) is 3. The molecule has 0 unspecified atom stereocenters. The average Bonchev–Trinajstić information content (AvgIpc) is 2.81. The molecular weight excluding hydrogens is 290 g/mol. The molecule has 2 N–H and O–H groups in total. The largest absolute Gasteiger partial charge is 0.317 e. The van der Waals surface area contributed by atoms with Gasteiger partial charge in [0, 0.05) is 19.4 Å². The van der Waals surface area contributed by atoms with Crippen molar-refractivity contribution in [1.82, 2.24) is 20.1 Å². The molecular formula is C14H26ClN5O. The SMILES string of the molecule is CCCCCC(=O)Nc1nc(C2CCNCC2)nn1C.Cl. The molecule has 1 aliphatic heterocycles. The van der Waals surface area contributed by atoms with Crippen LogP contribution >= 0.6 is 12.4 Å². The molecule has 120 valence electrons. The van der Waals surface area contributed by atoms with Crippen LogP contribution in [0.4, 0.5) is 5.95 Å². The molecule has 0 bridgehead atoms. The molecule has 1 aliphatic rings. The summed E-state index contributed by atoms with van der Waals surface area (Å²) in [6, 6.07) is 0. The van der Waals surface area contributed by atoms with Crippen molar-refractivity contribution in [3.8, 4) is 0 Å². The first-order valence-corrected chi connectivity index (χ1v) is 7.62. The summed E-state index contributed by atoms with van der Waals surface area (Å²) < 4.78 is 1.68. The lowest BCUT2D eigenvalue weighted by atomic mass is 9.98. The van der Waals surface area contributed by atoms with Gasteiger partial charge in [0.15, 0.2) is 5.82 Å². The number of aromatic nitrogens is 3. The number of carbonyl (C=O) groups is 1. The molecule has 0 saturated carbocycles. The van der Waals surface area contributed by atoms with Gasteiger partial charge in [0.1, 0.15) is 0 Å². The van der Waals surface area contributed by atoms with E-state index in [9.17, 15) is 4.79 Å². The van der Waals surface area contributed by atoms with E-state index in [1.165, 1.54) is 0 Å². The Morgan fingerprint density at radius 1 is 1.38 bits per heavy atom. The smallest absolute Gasteiger partial charge is 0.227 e. The molecule has 0 radical (unpaired) electrons. The van der Waals surface area contributed by atoms with Crippen molar-refractivity contribution < 1.29 is 4.79 Å². The lowest BCUT2D eigenvalue weighted by Gasteiger charge is -2.19. The number of nitrogens with one attached hydrogen (secondary N) is 2. The highest BCUT2D eigenvalue weighted by Crippen LogP contribution is 2.23. The third-order valence-electron chi connectivity index (χ3n) is 3.74. The molecule has 7 heteroatoms. The van der Waals surface area contributed by atoms with Crippen LogP contribution in [0, 0.1) is 0 Å². The molecule has 1 aromatic heterocycles. The van der Waals surface area contributed by atoms with Gasteiger partial charge >= 0.3 is 0 Å². The number of aryl methyl sites for hydroxylation is 1. The zero-order chi connectivity index (χ0) is 14.4. The van der Waals surface area contributed by atoms with Gasteiger partial charge in [-0.1, -0.05) is 19.8 Å². The Morgan fingerprint density at radius 3 is 2.76 bits per heavy atom. The zero-order valence-electron chi connectivity index (χ0n) is 12.9. The number of hydrogen-bond acceptors (Lipinski definition) is 4. The first kappa shape index (κ1) is 17.9. The Bertz CT molecular complexity index is 443. The molecule has 6 nitrogen and oxygen atoms in total. The van der Waals surface area contributed by atoms with E-state index in [-0.39, 0.29) is 18.3 Å². The number of carbonyl (C=O) groups excluding carboxylic acids is 1. The first-order chi connectivity index (χ1) is 9.70. The Morgan fingerprint density at radius 2 is 2.10 bits per heavy atom. The summed E-state index contributed by atoms with van der Waals surface area (Å²) in [6.07, 6.45) is 5.83. The predicted octanol–water partition coefficient (Wildman–Crippen LogP) is 2.22. The van der Waals surface area contributed by atoms with Crippen LogP contribution in [0.1, 0.15) is 57.2 Å². The summed E-state index contributed by atoms with van der Waals surface area (Å²) >= 11 is 0. The molecule has 2 rings (SSSR count). The van der Waals surface area contributed by atoms with Gasteiger partial charge in [0.25, 0.3) is 0 Å². The number of anilines is 1. The number of unbranched alkanes of at least 4 members (excludes halogenated alkanes) is 2. The van der Waals surface area contributed by atoms with E-state index in [1.807, 2.05) is 7.05 Å². The third-order valence-corrected chi connectivity index (χ3v) is 3.74. The molecule has 1 aromatic rings. The highest BCUT2D eigenvalue weighted by molar-refractivity contribution is 5.88. The molecule has 0 atom stereocenters. The molecule has 0 aliphatic carbocycles. The van der Waals surface area contributed by atoms with Crippen molar-refractivity contribution in [2.45, 2.75) is 51.4 Å². The molecule has 0 aromatic carbocycles. The molecule has 1 fully saturated rings. The van der Waals surface area contributed by atoms with Gasteiger partial charge in [-0.2, -0.15) is 10.1 Å². The van der Waals surface area contributed by atoms with Crippen LogP contribution in [0.2, 0.25) is 0 Å². The van der Waals surface area contributed by atoms with Gasteiger partial charge < -0.3 is 5.32 Å². The number of halogens is 1.